The number of anilines is 1. The van der Waals surface area contributed by atoms with Crippen LogP contribution < -0.4 is 16.4 Å². The second-order valence-corrected chi connectivity index (χ2v) is 7.51. The van der Waals surface area contributed by atoms with Crippen LogP contribution in [0.2, 0.25) is 0 Å². The fourth-order valence-corrected chi connectivity index (χ4v) is 3.76. The van der Waals surface area contributed by atoms with E-state index in [1.54, 1.807) is 0 Å². The molecule has 1 aliphatic carbocycles. The Hall–Kier alpha value is -2.37. The van der Waals surface area contributed by atoms with Crippen molar-refractivity contribution in [1.29, 1.82) is 0 Å². The lowest BCUT2D eigenvalue weighted by Gasteiger charge is -2.34. The average Bonchev–Trinajstić information content (AvgIpc) is 3.38. The Morgan fingerprint density at radius 2 is 1.69 bits per heavy atom. The molecule has 4 rings (SSSR count). The van der Waals surface area contributed by atoms with Crippen molar-refractivity contribution in [3.05, 3.63) is 53.6 Å². The average molecular weight is 350 g/mol. The lowest BCUT2D eigenvalue weighted by atomic mass is 9.96. The Bertz CT molecular complexity index is 809. The molecule has 2 atom stereocenters. The van der Waals surface area contributed by atoms with Crippen LogP contribution in [-0.4, -0.2) is 50.1 Å². The van der Waals surface area contributed by atoms with Gasteiger partial charge in [-0.15, -0.1) is 0 Å². The molecule has 0 spiro atoms. The van der Waals surface area contributed by atoms with Crippen LogP contribution in [0.1, 0.15) is 28.3 Å². The number of piperazine rings is 1. The molecule has 1 aliphatic heterocycles. The van der Waals surface area contributed by atoms with Gasteiger partial charge in [0.15, 0.2) is 0 Å². The number of primary amides is 1. The van der Waals surface area contributed by atoms with E-state index < -0.39 is 5.91 Å². The fraction of sp³-hybridized carbons (Fsp3) is 0.381. The zero-order valence-electron chi connectivity index (χ0n) is 15.2. The molecule has 1 saturated carbocycles. The number of carbonyl (C=O) groups excluding carboxylic acids is 1. The number of benzene rings is 2. The molecule has 0 aromatic heterocycles. The van der Waals surface area contributed by atoms with Crippen LogP contribution in [0, 0.1) is 0 Å². The summed E-state index contributed by atoms with van der Waals surface area (Å²) >= 11 is 0. The third-order valence-electron chi connectivity index (χ3n) is 5.63. The second-order valence-electron chi connectivity index (χ2n) is 7.51. The largest absolute Gasteiger partial charge is 0.369 e. The number of hydrogen-bond donors (Lipinski definition) is 2. The molecule has 5 nitrogen and oxygen atoms in total. The van der Waals surface area contributed by atoms with Gasteiger partial charge in [0.05, 0.1) is 0 Å². The lowest BCUT2D eigenvalue weighted by molar-refractivity contribution is 0.100. The third kappa shape index (κ3) is 3.32. The van der Waals surface area contributed by atoms with Crippen LogP contribution >= 0.6 is 0 Å². The van der Waals surface area contributed by atoms with Crippen molar-refractivity contribution in [2.75, 3.05) is 38.1 Å². The summed E-state index contributed by atoms with van der Waals surface area (Å²) in [6.07, 6.45) is 1.06. The minimum absolute atomic E-state index is 0.294. The molecule has 136 valence electrons. The van der Waals surface area contributed by atoms with E-state index in [1.807, 2.05) is 12.1 Å². The summed E-state index contributed by atoms with van der Waals surface area (Å²) in [6.45, 7) is 4.07. The van der Waals surface area contributed by atoms with Crippen molar-refractivity contribution in [3.8, 4) is 11.1 Å². The highest BCUT2D eigenvalue weighted by molar-refractivity contribution is 6.00. The van der Waals surface area contributed by atoms with Gasteiger partial charge in [-0.3, -0.25) is 4.79 Å². The first-order valence-electron chi connectivity index (χ1n) is 9.26. The molecule has 2 aromatic rings. The van der Waals surface area contributed by atoms with E-state index in [-0.39, 0.29) is 0 Å². The topological polar surface area (TPSA) is 75.6 Å². The SMILES string of the molecule is CN1CCN(c2ccc(C(N)=O)c(-c3ccc([C@@H]4C[C@H]4N)cc3)c2)CC1. The Morgan fingerprint density at radius 3 is 2.27 bits per heavy atom. The molecule has 2 aromatic carbocycles. The smallest absolute Gasteiger partial charge is 0.249 e. The molecule has 1 amide bonds. The van der Waals surface area contributed by atoms with Gasteiger partial charge in [-0.1, -0.05) is 24.3 Å². The van der Waals surface area contributed by atoms with Crippen molar-refractivity contribution < 1.29 is 4.79 Å². The minimum atomic E-state index is -0.391. The molecule has 0 bridgehead atoms. The van der Waals surface area contributed by atoms with Crippen molar-refractivity contribution in [2.45, 2.75) is 18.4 Å². The molecular weight excluding hydrogens is 324 g/mol. The first-order chi connectivity index (χ1) is 12.5. The van der Waals surface area contributed by atoms with E-state index in [2.05, 4.69) is 47.2 Å². The first kappa shape index (κ1) is 17.1. The summed E-state index contributed by atoms with van der Waals surface area (Å²) in [5.41, 5.74) is 16.5. The maximum atomic E-state index is 11.9. The molecule has 1 saturated heterocycles. The molecule has 4 N–H and O–H groups in total. The highest BCUT2D eigenvalue weighted by Crippen LogP contribution is 2.40. The third-order valence-corrected chi connectivity index (χ3v) is 5.63. The van der Waals surface area contributed by atoms with Gasteiger partial charge in [0.1, 0.15) is 0 Å². The molecule has 5 heteroatoms. The first-order valence-corrected chi connectivity index (χ1v) is 9.26. The van der Waals surface area contributed by atoms with Gasteiger partial charge in [0.2, 0.25) is 5.91 Å². The Kier molecular flexibility index (Phi) is 4.42. The normalized spacial score (nSPS) is 23.1. The summed E-state index contributed by atoms with van der Waals surface area (Å²) in [5, 5.41) is 0. The van der Waals surface area contributed by atoms with Gasteiger partial charge in [-0.2, -0.15) is 0 Å². The summed E-state index contributed by atoms with van der Waals surface area (Å²) in [7, 11) is 2.15. The number of likely N-dealkylation sites (N-methyl/N-ethyl adjacent to an activating group) is 1. The van der Waals surface area contributed by atoms with Crippen LogP contribution in [0.4, 0.5) is 5.69 Å². The van der Waals surface area contributed by atoms with Crippen LogP contribution in [0.3, 0.4) is 0 Å². The standard InChI is InChI=1S/C21H26N4O/c1-24-8-10-25(11-9-24)16-6-7-17(21(23)26)18(12-16)14-2-4-15(5-3-14)19-13-20(19)22/h2-7,12,19-20H,8-11,13,22H2,1H3,(H2,23,26)/t19-,20+/m0/s1. The monoisotopic (exact) mass is 350 g/mol. The van der Waals surface area contributed by atoms with Crippen LogP contribution in [0.15, 0.2) is 42.5 Å². The van der Waals surface area contributed by atoms with Crippen molar-refractivity contribution in [2.24, 2.45) is 11.5 Å². The molecular formula is C21H26N4O. The number of hydrogen-bond acceptors (Lipinski definition) is 4. The summed E-state index contributed by atoms with van der Waals surface area (Å²) in [5.74, 6) is 0.0922. The van der Waals surface area contributed by atoms with Gasteiger partial charge in [-0.25, -0.2) is 0 Å². The molecule has 2 fully saturated rings. The van der Waals surface area contributed by atoms with Gasteiger partial charge < -0.3 is 21.3 Å². The number of nitrogens with zero attached hydrogens (tertiary/aromatic N) is 2. The summed E-state index contributed by atoms with van der Waals surface area (Å²) in [4.78, 5) is 16.6. The van der Waals surface area contributed by atoms with Crippen LogP contribution in [0.5, 0.6) is 0 Å². The molecule has 0 radical (unpaired) electrons. The number of rotatable bonds is 4. The van der Waals surface area contributed by atoms with Crippen molar-refractivity contribution in [3.63, 3.8) is 0 Å². The maximum absolute atomic E-state index is 11.9. The Balaban J connectivity index is 1.66. The van der Waals surface area contributed by atoms with Gasteiger partial charge in [0, 0.05) is 49.4 Å². The molecule has 2 aliphatic rings. The zero-order valence-corrected chi connectivity index (χ0v) is 15.2. The number of amides is 1. The molecule has 1 heterocycles. The highest BCUT2D eigenvalue weighted by atomic mass is 16.1. The Morgan fingerprint density at radius 1 is 1.04 bits per heavy atom. The molecule has 0 unspecified atom stereocenters. The molecule has 26 heavy (non-hydrogen) atoms. The highest BCUT2D eigenvalue weighted by Gasteiger charge is 2.34. The van der Waals surface area contributed by atoms with Gasteiger partial charge >= 0.3 is 0 Å². The summed E-state index contributed by atoms with van der Waals surface area (Å²) in [6, 6.07) is 14.7. The van der Waals surface area contributed by atoms with Crippen molar-refractivity contribution >= 4 is 11.6 Å². The van der Waals surface area contributed by atoms with E-state index in [4.69, 9.17) is 11.5 Å². The van der Waals surface area contributed by atoms with Crippen molar-refractivity contribution in [1.82, 2.24) is 4.90 Å². The maximum Gasteiger partial charge on any atom is 0.249 e. The lowest BCUT2D eigenvalue weighted by Crippen LogP contribution is -2.44. The number of nitrogens with two attached hydrogens (primary N) is 2. The zero-order chi connectivity index (χ0) is 18.3. The van der Waals surface area contributed by atoms with Crippen LogP contribution in [0.25, 0.3) is 11.1 Å². The summed E-state index contributed by atoms with van der Waals surface area (Å²) < 4.78 is 0. The fourth-order valence-electron chi connectivity index (χ4n) is 3.76. The predicted molar refractivity (Wildman–Crippen MR) is 105 cm³/mol. The van der Waals surface area contributed by atoms with E-state index >= 15 is 0 Å². The number of carbonyl (C=O) groups is 1. The second kappa shape index (κ2) is 6.74. The van der Waals surface area contributed by atoms with Gasteiger partial charge in [-0.05, 0) is 48.4 Å². The van der Waals surface area contributed by atoms with Crippen LogP contribution in [-0.2, 0) is 0 Å². The van der Waals surface area contributed by atoms with Gasteiger partial charge in [0.25, 0.3) is 0 Å². The van der Waals surface area contributed by atoms with E-state index in [1.165, 1.54) is 5.56 Å². The van der Waals surface area contributed by atoms with E-state index in [0.29, 0.717) is 17.5 Å². The van der Waals surface area contributed by atoms with E-state index in [0.717, 1.165) is 49.4 Å². The minimum Gasteiger partial charge on any atom is -0.369 e. The Labute approximate surface area is 154 Å². The quantitative estimate of drug-likeness (QED) is 0.885. The van der Waals surface area contributed by atoms with E-state index in [9.17, 15) is 4.79 Å². The predicted octanol–water partition coefficient (Wildman–Crippen LogP) is 2.02.